The third-order valence-electron chi connectivity index (χ3n) is 3.40. The van der Waals surface area contributed by atoms with Crippen LogP contribution in [0.1, 0.15) is 23.0 Å². The van der Waals surface area contributed by atoms with E-state index in [0.29, 0.717) is 11.3 Å². The van der Waals surface area contributed by atoms with Crippen molar-refractivity contribution in [1.29, 1.82) is 0 Å². The number of aryl methyl sites for hydroxylation is 1. The Morgan fingerprint density at radius 1 is 1.23 bits per heavy atom. The molecule has 110 valence electrons. The third-order valence-corrected chi connectivity index (χ3v) is 3.40. The minimum Gasteiger partial charge on any atom is -0.476 e. The molecule has 0 aliphatic carbocycles. The standard InChI is InChI=1S/C16H14N4O2/c1-2-11-5-7-13(8-6-11)20-15(12-4-3-9-17-10-12)14(16(21)22)18-19-20/h3-10H,2H2,1H3,(H,21,22). The molecule has 0 saturated heterocycles. The molecule has 0 spiro atoms. The molecule has 6 nitrogen and oxygen atoms in total. The number of carbonyl (C=O) groups is 1. The lowest BCUT2D eigenvalue weighted by Gasteiger charge is -2.07. The Morgan fingerprint density at radius 3 is 2.59 bits per heavy atom. The number of carboxylic acids is 1. The second-order valence-corrected chi connectivity index (χ2v) is 4.77. The molecule has 0 atom stereocenters. The Kier molecular flexibility index (Phi) is 3.65. The molecule has 0 saturated carbocycles. The van der Waals surface area contributed by atoms with Crippen LogP contribution in [0.3, 0.4) is 0 Å². The normalized spacial score (nSPS) is 10.6. The molecule has 0 unspecified atom stereocenters. The van der Waals surface area contributed by atoms with Crippen molar-refractivity contribution in [3.05, 3.63) is 60.0 Å². The number of hydrogen-bond donors (Lipinski definition) is 1. The van der Waals surface area contributed by atoms with E-state index >= 15 is 0 Å². The van der Waals surface area contributed by atoms with Crippen molar-refractivity contribution in [2.75, 3.05) is 0 Å². The maximum atomic E-state index is 11.4. The molecule has 0 amide bonds. The van der Waals surface area contributed by atoms with Gasteiger partial charge in [-0.3, -0.25) is 4.98 Å². The summed E-state index contributed by atoms with van der Waals surface area (Å²) >= 11 is 0. The zero-order valence-corrected chi connectivity index (χ0v) is 12.0. The number of aromatic nitrogens is 4. The molecule has 0 bridgehead atoms. The van der Waals surface area contributed by atoms with E-state index in [9.17, 15) is 9.90 Å². The van der Waals surface area contributed by atoms with Gasteiger partial charge in [0.15, 0.2) is 5.69 Å². The largest absolute Gasteiger partial charge is 0.476 e. The second kappa shape index (κ2) is 5.77. The predicted molar refractivity (Wildman–Crippen MR) is 80.9 cm³/mol. The maximum absolute atomic E-state index is 11.4. The van der Waals surface area contributed by atoms with Gasteiger partial charge in [0.2, 0.25) is 0 Å². The molecule has 0 aliphatic heterocycles. The Labute approximate surface area is 127 Å². The van der Waals surface area contributed by atoms with Crippen LogP contribution >= 0.6 is 0 Å². The van der Waals surface area contributed by atoms with Crippen LogP contribution in [0.4, 0.5) is 0 Å². The summed E-state index contributed by atoms with van der Waals surface area (Å²) in [6, 6.07) is 11.3. The van der Waals surface area contributed by atoms with Crippen LogP contribution in [0.5, 0.6) is 0 Å². The van der Waals surface area contributed by atoms with Crippen LogP contribution in [0.15, 0.2) is 48.8 Å². The number of rotatable bonds is 4. The van der Waals surface area contributed by atoms with E-state index in [4.69, 9.17) is 0 Å². The molecule has 1 aromatic carbocycles. The van der Waals surface area contributed by atoms with Gasteiger partial charge in [0, 0.05) is 18.0 Å². The van der Waals surface area contributed by atoms with Gasteiger partial charge in [-0.15, -0.1) is 5.10 Å². The fourth-order valence-corrected chi connectivity index (χ4v) is 2.24. The first-order valence-corrected chi connectivity index (χ1v) is 6.89. The molecule has 0 fully saturated rings. The van der Waals surface area contributed by atoms with Gasteiger partial charge in [-0.2, -0.15) is 0 Å². The molecule has 2 aromatic heterocycles. The van der Waals surface area contributed by atoms with Gasteiger partial charge in [0.25, 0.3) is 0 Å². The minimum atomic E-state index is -1.12. The van der Waals surface area contributed by atoms with Gasteiger partial charge in [0.1, 0.15) is 5.69 Å². The van der Waals surface area contributed by atoms with Crippen LogP contribution in [-0.4, -0.2) is 31.1 Å². The predicted octanol–water partition coefficient (Wildman–Crippen LogP) is 2.59. The van der Waals surface area contributed by atoms with Gasteiger partial charge < -0.3 is 5.11 Å². The average molecular weight is 294 g/mol. The van der Waals surface area contributed by atoms with Crippen molar-refractivity contribution in [2.24, 2.45) is 0 Å². The molecular weight excluding hydrogens is 280 g/mol. The van der Waals surface area contributed by atoms with Crippen molar-refractivity contribution >= 4 is 5.97 Å². The van der Waals surface area contributed by atoms with Gasteiger partial charge in [-0.1, -0.05) is 24.3 Å². The number of benzene rings is 1. The molecule has 3 aromatic rings. The summed E-state index contributed by atoms with van der Waals surface area (Å²) in [5.74, 6) is -1.12. The highest BCUT2D eigenvalue weighted by Crippen LogP contribution is 2.24. The van der Waals surface area contributed by atoms with Crippen LogP contribution in [-0.2, 0) is 6.42 Å². The summed E-state index contributed by atoms with van der Waals surface area (Å²) in [7, 11) is 0. The zero-order valence-electron chi connectivity index (χ0n) is 12.0. The van der Waals surface area contributed by atoms with Crippen LogP contribution < -0.4 is 0 Å². The average Bonchev–Trinajstić information content (AvgIpc) is 3.01. The van der Waals surface area contributed by atoms with E-state index in [1.807, 2.05) is 24.3 Å². The summed E-state index contributed by atoms with van der Waals surface area (Å²) in [6.07, 6.45) is 4.17. The van der Waals surface area contributed by atoms with E-state index in [2.05, 4.69) is 22.2 Å². The number of hydrogen-bond acceptors (Lipinski definition) is 4. The van der Waals surface area contributed by atoms with E-state index < -0.39 is 5.97 Å². The second-order valence-electron chi connectivity index (χ2n) is 4.77. The number of pyridine rings is 1. The van der Waals surface area contributed by atoms with E-state index in [0.717, 1.165) is 12.1 Å². The maximum Gasteiger partial charge on any atom is 0.358 e. The van der Waals surface area contributed by atoms with E-state index in [1.165, 1.54) is 10.2 Å². The zero-order chi connectivity index (χ0) is 15.5. The molecule has 0 radical (unpaired) electrons. The molecule has 6 heteroatoms. The lowest BCUT2D eigenvalue weighted by Crippen LogP contribution is -2.03. The van der Waals surface area contributed by atoms with Crippen molar-refractivity contribution < 1.29 is 9.90 Å². The van der Waals surface area contributed by atoms with Gasteiger partial charge in [-0.25, -0.2) is 9.48 Å². The molecule has 1 N–H and O–H groups in total. The summed E-state index contributed by atoms with van der Waals surface area (Å²) in [5, 5.41) is 17.1. The highest BCUT2D eigenvalue weighted by Gasteiger charge is 2.21. The molecule has 22 heavy (non-hydrogen) atoms. The molecule has 3 rings (SSSR count). The van der Waals surface area contributed by atoms with E-state index in [1.54, 1.807) is 24.5 Å². The first kappa shape index (κ1) is 13.9. The van der Waals surface area contributed by atoms with Crippen LogP contribution in [0, 0.1) is 0 Å². The number of carboxylic acid groups (broad SMARTS) is 1. The minimum absolute atomic E-state index is 0.0902. The first-order valence-electron chi connectivity index (χ1n) is 6.89. The third kappa shape index (κ3) is 2.46. The number of aromatic carboxylic acids is 1. The highest BCUT2D eigenvalue weighted by atomic mass is 16.4. The summed E-state index contributed by atoms with van der Waals surface area (Å²) in [5.41, 5.74) is 2.95. The van der Waals surface area contributed by atoms with Crippen molar-refractivity contribution in [3.63, 3.8) is 0 Å². The smallest absolute Gasteiger partial charge is 0.358 e. The fourth-order valence-electron chi connectivity index (χ4n) is 2.24. The van der Waals surface area contributed by atoms with Crippen LogP contribution in [0.25, 0.3) is 16.9 Å². The monoisotopic (exact) mass is 294 g/mol. The first-order chi connectivity index (χ1) is 10.7. The SMILES string of the molecule is CCc1ccc(-n2nnc(C(=O)O)c2-c2cccnc2)cc1. The van der Waals surface area contributed by atoms with Gasteiger partial charge >= 0.3 is 5.97 Å². The summed E-state index contributed by atoms with van der Waals surface area (Å²) in [6.45, 7) is 2.08. The van der Waals surface area contributed by atoms with E-state index in [-0.39, 0.29) is 5.69 Å². The lowest BCUT2D eigenvalue weighted by atomic mass is 10.1. The topological polar surface area (TPSA) is 80.9 Å². The summed E-state index contributed by atoms with van der Waals surface area (Å²) in [4.78, 5) is 15.4. The molecule has 0 aliphatic rings. The van der Waals surface area contributed by atoms with Crippen molar-refractivity contribution in [3.8, 4) is 16.9 Å². The lowest BCUT2D eigenvalue weighted by molar-refractivity contribution is 0.0691. The Balaban J connectivity index is 2.17. The highest BCUT2D eigenvalue weighted by molar-refractivity contribution is 5.92. The summed E-state index contributed by atoms with van der Waals surface area (Å²) < 4.78 is 1.53. The Morgan fingerprint density at radius 2 is 2.00 bits per heavy atom. The van der Waals surface area contributed by atoms with Gasteiger partial charge in [-0.05, 0) is 36.2 Å². The van der Waals surface area contributed by atoms with Crippen molar-refractivity contribution in [2.45, 2.75) is 13.3 Å². The Hall–Kier alpha value is -3.02. The molecule has 2 heterocycles. The van der Waals surface area contributed by atoms with Crippen LogP contribution in [0.2, 0.25) is 0 Å². The molecular formula is C16H14N4O2. The number of nitrogens with zero attached hydrogens (tertiary/aromatic N) is 4. The van der Waals surface area contributed by atoms with Gasteiger partial charge in [0.05, 0.1) is 5.69 Å². The Bertz CT molecular complexity index is 795. The van der Waals surface area contributed by atoms with Crippen molar-refractivity contribution in [1.82, 2.24) is 20.0 Å². The fraction of sp³-hybridized carbons (Fsp3) is 0.125. The quantitative estimate of drug-likeness (QED) is 0.800.